The van der Waals surface area contributed by atoms with E-state index in [4.69, 9.17) is 16.3 Å². The van der Waals surface area contributed by atoms with Gasteiger partial charge in [0.1, 0.15) is 4.88 Å². The van der Waals surface area contributed by atoms with E-state index in [0.717, 1.165) is 24.4 Å². The Hall–Kier alpha value is -2.74. The van der Waals surface area contributed by atoms with Crippen LogP contribution in [0.5, 0.6) is 0 Å². The van der Waals surface area contributed by atoms with E-state index in [1.807, 2.05) is 18.9 Å². The van der Waals surface area contributed by atoms with Gasteiger partial charge in [0.25, 0.3) is 11.8 Å². The molecule has 0 aromatic carbocycles. The van der Waals surface area contributed by atoms with Crippen molar-refractivity contribution in [3.63, 3.8) is 0 Å². The monoisotopic (exact) mass is 539 g/mol. The zero-order valence-corrected chi connectivity index (χ0v) is 22.0. The van der Waals surface area contributed by atoms with Crippen molar-refractivity contribution in [2.75, 3.05) is 58.3 Å². The molecule has 0 unspecified atom stereocenters. The Morgan fingerprint density at radius 2 is 1.94 bits per heavy atom. The highest BCUT2D eigenvalue weighted by atomic mass is 35.5. The number of anilines is 1. The van der Waals surface area contributed by atoms with Gasteiger partial charge in [-0.15, -0.1) is 0 Å². The molecule has 2 aliphatic heterocycles. The van der Waals surface area contributed by atoms with Crippen LogP contribution < -0.4 is 10.2 Å². The van der Waals surface area contributed by atoms with Crippen molar-refractivity contribution in [3.05, 3.63) is 27.2 Å². The predicted octanol–water partition coefficient (Wildman–Crippen LogP) is 1.19. The topological polar surface area (TPSA) is 144 Å². The molecule has 4 rings (SSSR count). The number of hydrogen-bond donors (Lipinski definition) is 3. The molecular weight excluding hydrogens is 510 g/mol. The largest absolute Gasteiger partial charge is 0.477 e. The number of methoxy groups -OCH3 is 1. The number of H-pyrrole nitrogens is 1. The highest BCUT2D eigenvalue weighted by Gasteiger charge is 2.35. The van der Waals surface area contributed by atoms with E-state index in [0.29, 0.717) is 49.8 Å². The molecule has 4 heterocycles. The summed E-state index contributed by atoms with van der Waals surface area (Å²) in [5.74, 6) is -1.77. The molecule has 12 nitrogen and oxygen atoms in total. The first kappa shape index (κ1) is 26.3. The van der Waals surface area contributed by atoms with Crippen LogP contribution in [0.1, 0.15) is 49.8 Å². The van der Waals surface area contributed by atoms with E-state index in [2.05, 4.69) is 25.2 Å². The first-order valence-corrected chi connectivity index (χ1v) is 13.0. The number of aromatic carboxylic acids is 1. The number of amides is 2. The standard InChI is InChI=1S/C22H30ClN7O5S/c1-4-12-17(23)27-18(24-12)19(31)25-13-5-6-30(11-14(13)35-3)22-26-15(16(36-22)21(33)34)20(32)29-9-7-28(2)8-10-29/h13-14H,4-11H2,1-3H3,(H,24,27)(H,25,31)(H,33,34)/t13-,14+/m1/s1. The van der Waals surface area contributed by atoms with Gasteiger partial charge in [0.15, 0.2) is 21.8 Å². The quantitative estimate of drug-likeness (QED) is 0.472. The molecule has 2 aromatic rings. The third kappa shape index (κ3) is 5.48. The Morgan fingerprint density at radius 3 is 2.56 bits per heavy atom. The molecule has 2 atom stereocenters. The molecule has 2 amide bonds. The maximum atomic E-state index is 13.1. The van der Waals surface area contributed by atoms with Gasteiger partial charge in [-0.3, -0.25) is 9.59 Å². The van der Waals surface area contributed by atoms with Crippen LogP contribution in [0.4, 0.5) is 5.13 Å². The Labute approximate surface area is 217 Å². The number of rotatable bonds is 7. The summed E-state index contributed by atoms with van der Waals surface area (Å²) in [4.78, 5) is 54.8. The zero-order chi connectivity index (χ0) is 26.0. The summed E-state index contributed by atoms with van der Waals surface area (Å²) in [5, 5.41) is 13.4. The number of aromatic nitrogens is 3. The number of aromatic amines is 1. The molecule has 0 aliphatic carbocycles. The number of carbonyl (C=O) groups excluding carboxylic acids is 2. The molecule has 196 valence electrons. The Morgan fingerprint density at radius 1 is 1.22 bits per heavy atom. The van der Waals surface area contributed by atoms with Crippen LogP contribution in [0, 0.1) is 0 Å². The average Bonchev–Trinajstić information content (AvgIpc) is 3.48. The molecule has 2 aliphatic rings. The summed E-state index contributed by atoms with van der Waals surface area (Å²) in [5.41, 5.74) is 0.665. The molecule has 2 fully saturated rings. The summed E-state index contributed by atoms with van der Waals surface area (Å²) < 4.78 is 5.65. The van der Waals surface area contributed by atoms with Gasteiger partial charge >= 0.3 is 5.97 Å². The minimum Gasteiger partial charge on any atom is -0.477 e. The first-order chi connectivity index (χ1) is 17.2. The molecule has 3 N–H and O–H groups in total. The van der Waals surface area contributed by atoms with Crippen molar-refractivity contribution in [2.24, 2.45) is 0 Å². The number of piperidine rings is 1. The third-order valence-corrected chi connectivity index (χ3v) is 7.97. The van der Waals surface area contributed by atoms with E-state index >= 15 is 0 Å². The molecule has 0 bridgehead atoms. The van der Waals surface area contributed by atoms with E-state index in [1.54, 1.807) is 12.0 Å². The fourth-order valence-corrected chi connectivity index (χ4v) is 5.55. The minimum atomic E-state index is -1.18. The predicted molar refractivity (Wildman–Crippen MR) is 134 cm³/mol. The number of nitrogens with one attached hydrogen (secondary N) is 2. The molecule has 2 saturated heterocycles. The van der Waals surface area contributed by atoms with Crippen molar-refractivity contribution in [1.82, 2.24) is 30.1 Å². The molecule has 0 saturated carbocycles. The number of imidazole rings is 1. The van der Waals surface area contributed by atoms with Gasteiger partial charge < -0.3 is 34.8 Å². The number of nitrogens with zero attached hydrogens (tertiary/aromatic N) is 5. The molecule has 2 aromatic heterocycles. The number of aryl methyl sites for hydroxylation is 1. The van der Waals surface area contributed by atoms with Gasteiger partial charge in [0.2, 0.25) is 0 Å². The van der Waals surface area contributed by atoms with Gasteiger partial charge in [0, 0.05) is 46.4 Å². The third-order valence-electron chi connectivity index (χ3n) is 6.55. The average molecular weight is 540 g/mol. The highest BCUT2D eigenvalue weighted by molar-refractivity contribution is 7.17. The lowest BCUT2D eigenvalue weighted by Crippen LogP contribution is -2.55. The molecule has 0 spiro atoms. The number of carboxylic acid groups (broad SMARTS) is 1. The lowest BCUT2D eigenvalue weighted by atomic mass is 10.0. The fraction of sp³-hybridized carbons (Fsp3) is 0.591. The fourth-order valence-electron chi connectivity index (χ4n) is 4.35. The van der Waals surface area contributed by atoms with Crippen molar-refractivity contribution in [2.45, 2.75) is 31.9 Å². The number of halogens is 1. The van der Waals surface area contributed by atoms with E-state index < -0.39 is 5.97 Å². The summed E-state index contributed by atoms with van der Waals surface area (Å²) in [7, 11) is 3.54. The van der Waals surface area contributed by atoms with E-state index in [9.17, 15) is 19.5 Å². The summed E-state index contributed by atoms with van der Waals surface area (Å²) in [6.45, 7) is 5.29. The van der Waals surface area contributed by atoms with Crippen LogP contribution in [0.15, 0.2) is 0 Å². The lowest BCUT2D eigenvalue weighted by Gasteiger charge is -2.37. The number of hydrogen-bond acceptors (Lipinski definition) is 9. The first-order valence-electron chi connectivity index (χ1n) is 11.8. The number of piperazine rings is 1. The maximum absolute atomic E-state index is 13.1. The summed E-state index contributed by atoms with van der Waals surface area (Å²) in [6, 6.07) is -0.293. The zero-order valence-electron chi connectivity index (χ0n) is 20.4. The summed E-state index contributed by atoms with van der Waals surface area (Å²) >= 11 is 7.04. The second-order valence-electron chi connectivity index (χ2n) is 8.87. The van der Waals surface area contributed by atoms with Crippen LogP contribution >= 0.6 is 22.9 Å². The summed E-state index contributed by atoms with van der Waals surface area (Å²) in [6.07, 6.45) is 0.778. The second kappa shape index (κ2) is 11.1. The van der Waals surface area contributed by atoms with Crippen LogP contribution in [0.3, 0.4) is 0 Å². The SMILES string of the molecule is CCc1[nH]c(C(=O)N[C@@H]2CCN(c3nc(C(=O)N4CCN(C)CC4)c(C(=O)O)s3)C[C@@H]2OC)nc1Cl. The Kier molecular flexibility index (Phi) is 8.13. The normalized spacial score (nSPS) is 21.0. The van der Waals surface area contributed by atoms with Crippen molar-refractivity contribution < 1.29 is 24.2 Å². The van der Waals surface area contributed by atoms with Gasteiger partial charge in [-0.05, 0) is 19.9 Å². The number of ether oxygens (including phenoxy) is 1. The Bertz CT molecular complexity index is 1130. The van der Waals surface area contributed by atoms with Crippen molar-refractivity contribution in [1.29, 1.82) is 0 Å². The lowest BCUT2D eigenvalue weighted by molar-refractivity contribution is 0.0538. The van der Waals surface area contributed by atoms with Gasteiger partial charge in [-0.25, -0.2) is 14.8 Å². The molecule has 36 heavy (non-hydrogen) atoms. The van der Waals surface area contributed by atoms with Crippen LogP contribution in [-0.4, -0.2) is 113 Å². The maximum Gasteiger partial charge on any atom is 0.348 e. The van der Waals surface area contributed by atoms with Crippen molar-refractivity contribution >= 4 is 45.9 Å². The highest BCUT2D eigenvalue weighted by Crippen LogP contribution is 2.30. The number of carboxylic acids is 1. The molecule has 0 radical (unpaired) electrons. The molecule has 14 heteroatoms. The molecular formula is C22H30ClN7O5S. The van der Waals surface area contributed by atoms with Gasteiger partial charge in [-0.2, -0.15) is 0 Å². The van der Waals surface area contributed by atoms with Crippen LogP contribution in [0.2, 0.25) is 5.15 Å². The van der Waals surface area contributed by atoms with Crippen molar-refractivity contribution in [3.8, 4) is 0 Å². The van der Waals surface area contributed by atoms with Gasteiger partial charge in [-0.1, -0.05) is 29.9 Å². The van der Waals surface area contributed by atoms with Crippen LogP contribution in [-0.2, 0) is 11.2 Å². The van der Waals surface area contributed by atoms with E-state index in [-0.39, 0.29) is 45.5 Å². The van der Waals surface area contributed by atoms with E-state index in [1.165, 1.54) is 0 Å². The second-order valence-corrected chi connectivity index (χ2v) is 10.2. The minimum absolute atomic E-state index is 0.0297. The number of thiazole rings is 1. The van der Waals surface area contributed by atoms with Gasteiger partial charge in [0.05, 0.1) is 17.8 Å². The smallest absolute Gasteiger partial charge is 0.348 e. The Balaban J connectivity index is 1.46. The number of likely N-dealkylation sites (N-methyl/N-ethyl adjacent to an activating group) is 1. The number of carbonyl (C=O) groups is 3. The van der Waals surface area contributed by atoms with Crippen LogP contribution in [0.25, 0.3) is 0 Å².